The van der Waals surface area contributed by atoms with Crippen LogP contribution in [0.4, 0.5) is 4.79 Å². The Bertz CT molecular complexity index is 398. The first-order chi connectivity index (χ1) is 8.86. The van der Waals surface area contributed by atoms with Gasteiger partial charge in [-0.15, -0.1) is 0 Å². The number of amides is 1. The van der Waals surface area contributed by atoms with Gasteiger partial charge in [0.1, 0.15) is 0 Å². The molecule has 0 fully saturated rings. The van der Waals surface area contributed by atoms with Crippen molar-refractivity contribution in [2.75, 3.05) is 13.6 Å². The average Bonchev–Trinajstić information content (AvgIpc) is 2.33. The van der Waals surface area contributed by atoms with Crippen molar-refractivity contribution in [2.45, 2.75) is 38.8 Å². The molecule has 4 heteroatoms. The van der Waals surface area contributed by atoms with Crippen molar-refractivity contribution in [1.82, 2.24) is 10.2 Å². The Morgan fingerprint density at radius 2 is 1.89 bits per heavy atom. The van der Waals surface area contributed by atoms with E-state index in [2.05, 4.69) is 17.4 Å². The first-order valence-corrected chi connectivity index (χ1v) is 6.59. The highest BCUT2D eigenvalue weighted by atomic mass is 16.4. The summed E-state index contributed by atoms with van der Waals surface area (Å²) in [5.74, 6) is 0. The number of hydrogen-bond donors (Lipinski definition) is 2. The summed E-state index contributed by atoms with van der Waals surface area (Å²) < 4.78 is 0. The zero-order chi connectivity index (χ0) is 14.5. The summed E-state index contributed by atoms with van der Waals surface area (Å²) in [7, 11) is 1.90. The highest BCUT2D eigenvalue weighted by Gasteiger charge is 2.26. The molecular weight excluding hydrogens is 240 g/mol. The molecule has 1 atom stereocenters. The van der Waals surface area contributed by atoms with Crippen LogP contribution < -0.4 is 5.32 Å². The van der Waals surface area contributed by atoms with Crippen LogP contribution in [0.3, 0.4) is 0 Å². The zero-order valence-corrected chi connectivity index (χ0v) is 12.2. The molecule has 0 aliphatic heterocycles. The summed E-state index contributed by atoms with van der Waals surface area (Å²) >= 11 is 0. The Balaban J connectivity index is 2.70. The number of benzene rings is 1. The van der Waals surface area contributed by atoms with Crippen molar-refractivity contribution in [1.29, 1.82) is 0 Å². The normalized spacial score (nSPS) is 13.1. The third-order valence-corrected chi connectivity index (χ3v) is 3.23. The molecular formula is C15H24N2O2. The topological polar surface area (TPSA) is 52.6 Å². The molecule has 1 unspecified atom stereocenters. The van der Waals surface area contributed by atoms with Crippen molar-refractivity contribution in [3.05, 3.63) is 35.9 Å². The van der Waals surface area contributed by atoms with E-state index >= 15 is 0 Å². The summed E-state index contributed by atoms with van der Waals surface area (Å²) in [4.78, 5) is 12.8. The van der Waals surface area contributed by atoms with Crippen molar-refractivity contribution in [3.8, 4) is 0 Å². The van der Waals surface area contributed by atoms with Crippen LogP contribution in [-0.2, 0) is 0 Å². The third-order valence-electron chi connectivity index (χ3n) is 3.23. The Morgan fingerprint density at radius 1 is 1.32 bits per heavy atom. The van der Waals surface area contributed by atoms with Gasteiger partial charge in [-0.3, -0.25) is 0 Å². The van der Waals surface area contributed by atoms with Crippen LogP contribution in [0.2, 0.25) is 0 Å². The van der Waals surface area contributed by atoms with Gasteiger partial charge in [-0.05, 0) is 39.8 Å². The lowest BCUT2D eigenvalue weighted by atomic mass is 10.0. The lowest BCUT2D eigenvalue weighted by molar-refractivity contribution is 0.0974. The summed E-state index contributed by atoms with van der Waals surface area (Å²) in [6, 6.07) is 10.3. The van der Waals surface area contributed by atoms with Gasteiger partial charge in [0.05, 0.1) is 0 Å². The first kappa shape index (κ1) is 15.5. The molecule has 0 aromatic heterocycles. The molecule has 19 heavy (non-hydrogen) atoms. The van der Waals surface area contributed by atoms with Gasteiger partial charge in [0.25, 0.3) is 0 Å². The van der Waals surface area contributed by atoms with Crippen molar-refractivity contribution >= 4 is 6.09 Å². The summed E-state index contributed by atoms with van der Waals surface area (Å²) in [5.41, 5.74) is 0.810. The molecule has 1 aromatic carbocycles. The van der Waals surface area contributed by atoms with Crippen LogP contribution in [0.1, 0.15) is 38.8 Å². The van der Waals surface area contributed by atoms with Crippen LogP contribution >= 0.6 is 0 Å². The molecule has 0 saturated heterocycles. The van der Waals surface area contributed by atoms with Crippen molar-refractivity contribution in [3.63, 3.8) is 0 Å². The monoisotopic (exact) mass is 264 g/mol. The minimum atomic E-state index is -0.865. The van der Waals surface area contributed by atoms with E-state index in [4.69, 9.17) is 0 Å². The SMILES string of the molecule is CNC(CCN(C(=O)O)C(C)(C)C)c1ccccc1. The largest absolute Gasteiger partial charge is 0.465 e. The maximum absolute atomic E-state index is 11.3. The Morgan fingerprint density at radius 3 is 2.32 bits per heavy atom. The fourth-order valence-corrected chi connectivity index (χ4v) is 2.14. The van der Waals surface area contributed by atoms with Crippen LogP contribution in [0.5, 0.6) is 0 Å². The summed E-state index contributed by atoms with van der Waals surface area (Å²) in [6.07, 6.45) is -0.111. The second-order valence-electron chi connectivity index (χ2n) is 5.65. The molecule has 0 aliphatic carbocycles. The third kappa shape index (κ3) is 4.56. The van der Waals surface area contributed by atoms with Gasteiger partial charge in [-0.1, -0.05) is 30.3 Å². The predicted molar refractivity (Wildman–Crippen MR) is 77.3 cm³/mol. The van der Waals surface area contributed by atoms with Gasteiger partial charge in [-0.2, -0.15) is 0 Å². The molecule has 2 N–H and O–H groups in total. The number of rotatable bonds is 5. The number of carboxylic acid groups (broad SMARTS) is 1. The second-order valence-corrected chi connectivity index (χ2v) is 5.65. The Kier molecular flexibility index (Phi) is 5.36. The van der Waals surface area contributed by atoms with Gasteiger partial charge in [0.2, 0.25) is 0 Å². The summed E-state index contributed by atoms with van der Waals surface area (Å²) in [5, 5.41) is 12.5. The predicted octanol–water partition coefficient (Wildman–Crippen LogP) is 3.12. The molecule has 106 valence electrons. The molecule has 4 nitrogen and oxygen atoms in total. The summed E-state index contributed by atoms with van der Waals surface area (Å²) in [6.45, 7) is 6.26. The van der Waals surface area contributed by atoms with Crippen molar-refractivity contribution in [2.24, 2.45) is 0 Å². The number of nitrogens with zero attached hydrogens (tertiary/aromatic N) is 1. The highest BCUT2D eigenvalue weighted by molar-refractivity contribution is 5.65. The second kappa shape index (κ2) is 6.57. The standard InChI is InChI=1S/C15H24N2O2/c1-15(2,3)17(14(18)19)11-10-13(16-4)12-8-6-5-7-9-12/h5-9,13,16H,10-11H2,1-4H3,(H,18,19). The van der Waals surface area contributed by atoms with Crippen molar-refractivity contribution < 1.29 is 9.90 Å². The van der Waals surface area contributed by atoms with Gasteiger partial charge in [0, 0.05) is 18.1 Å². The molecule has 1 amide bonds. The van der Waals surface area contributed by atoms with Crippen LogP contribution in [0, 0.1) is 0 Å². The number of nitrogens with one attached hydrogen (secondary N) is 1. The Labute approximate surface area is 115 Å². The van der Waals surface area contributed by atoms with Crippen LogP contribution in [0.25, 0.3) is 0 Å². The number of hydrogen-bond acceptors (Lipinski definition) is 2. The fraction of sp³-hybridized carbons (Fsp3) is 0.533. The molecule has 1 rings (SSSR count). The lowest BCUT2D eigenvalue weighted by Crippen LogP contribution is -2.46. The van der Waals surface area contributed by atoms with Gasteiger partial charge < -0.3 is 15.3 Å². The van der Waals surface area contributed by atoms with Gasteiger partial charge in [0.15, 0.2) is 0 Å². The van der Waals surface area contributed by atoms with E-state index in [0.717, 1.165) is 6.42 Å². The smallest absolute Gasteiger partial charge is 0.407 e. The Hall–Kier alpha value is -1.55. The van der Waals surface area contributed by atoms with E-state index in [-0.39, 0.29) is 11.6 Å². The number of carbonyl (C=O) groups is 1. The van der Waals surface area contributed by atoms with E-state index in [0.29, 0.717) is 6.54 Å². The van der Waals surface area contributed by atoms with E-state index in [9.17, 15) is 9.90 Å². The molecule has 0 heterocycles. The van der Waals surface area contributed by atoms with E-state index in [1.165, 1.54) is 10.5 Å². The highest BCUT2D eigenvalue weighted by Crippen LogP contribution is 2.20. The minimum absolute atomic E-state index is 0.172. The zero-order valence-electron chi connectivity index (χ0n) is 12.2. The quantitative estimate of drug-likeness (QED) is 0.859. The molecule has 0 spiro atoms. The fourth-order valence-electron chi connectivity index (χ4n) is 2.14. The maximum Gasteiger partial charge on any atom is 0.407 e. The van der Waals surface area contributed by atoms with Crippen LogP contribution in [-0.4, -0.2) is 35.2 Å². The van der Waals surface area contributed by atoms with Gasteiger partial charge in [-0.25, -0.2) is 4.79 Å². The van der Waals surface area contributed by atoms with Crippen LogP contribution in [0.15, 0.2) is 30.3 Å². The molecule has 0 radical (unpaired) electrons. The molecule has 1 aromatic rings. The van der Waals surface area contributed by atoms with E-state index < -0.39 is 6.09 Å². The average molecular weight is 264 g/mol. The molecule has 0 aliphatic rings. The maximum atomic E-state index is 11.3. The lowest BCUT2D eigenvalue weighted by Gasteiger charge is -2.34. The van der Waals surface area contributed by atoms with Gasteiger partial charge >= 0.3 is 6.09 Å². The van der Waals surface area contributed by atoms with E-state index in [1.807, 2.05) is 46.0 Å². The van der Waals surface area contributed by atoms with E-state index in [1.54, 1.807) is 0 Å². The molecule has 0 saturated carbocycles. The minimum Gasteiger partial charge on any atom is -0.465 e. The molecule has 0 bridgehead atoms. The first-order valence-electron chi connectivity index (χ1n) is 6.59.